The van der Waals surface area contributed by atoms with Crippen LogP contribution in [-0.2, 0) is 23.8 Å². The Morgan fingerprint density at radius 2 is 1.92 bits per heavy atom. The molecule has 0 aromatic rings. The zero-order chi connectivity index (χ0) is 28.6. The van der Waals surface area contributed by atoms with Crippen molar-refractivity contribution in [2.75, 3.05) is 13.2 Å². The van der Waals surface area contributed by atoms with Gasteiger partial charge in [-0.25, -0.2) is 4.79 Å². The van der Waals surface area contributed by atoms with Gasteiger partial charge in [0.2, 0.25) is 0 Å². The number of allylic oxidation sites excluding steroid dienone is 4. The van der Waals surface area contributed by atoms with Crippen LogP contribution in [0.4, 0.5) is 0 Å². The summed E-state index contributed by atoms with van der Waals surface area (Å²) >= 11 is 0. The zero-order valence-corrected chi connectivity index (χ0v) is 23.9. The van der Waals surface area contributed by atoms with E-state index in [2.05, 4.69) is 33.4 Å². The van der Waals surface area contributed by atoms with E-state index in [1.807, 2.05) is 6.92 Å². The highest BCUT2D eigenvalue weighted by Gasteiger charge is 2.44. The minimum atomic E-state index is -1.33. The Kier molecular flexibility index (Phi) is 12.2. The Morgan fingerprint density at radius 1 is 1.24 bits per heavy atom. The Labute approximate surface area is 227 Å². The van der Waals surface area contributed by atoms with E-state index in [1.165, 1.54) is 11.6 Å². The Bertz CT molecular complexity index is 889. The summed E-state index contributed by atoms with van der Waals surface area (Å²) in [6.45, 7) is 16.6. The highest BCUT2D eigenvalue weighted by atomic mass is 16.7. The number of ether oxygens (including phenoxy) is 3. The SMILES string of the molecule is C=C(C)[C@@H]1CC=C(C)[C@H](CC[C@H](C)CCO[C@@H]2OC[C@H](OC(=O)C=C(C)C)[C@H](O)[C@H]2O)[C@@]1(C)CCC(=O)O. The van der Waals surface area contributed by atoms with Crippen molar-refractivity contribution in [1.82, 2.24) is 0 Å². The Morgan fingerprint density at radius 3 is 2.53 bits per heavy atom. The van der Waals surface area contributed by atoms with Crippen LogP contribution in [0.2, 0.25) is 0 Å². The number of hydrogen-bond acceptors (Lipinski definition) is 7. The fraction of sp³-hybridized carbons (Fsp3) is 0.733. The summed E-state index contributed by atoms with van der Waals surface area (Å²) in [4.78, 5) is 23.2. The number of esters is 1. The quantitative estimate of drug-likeness (QED) is 0.174. The van der Waals surface area contributed by atoms with Crippen LogP contribution in [0.15, 0.2) is 35.5 Å². The molecule has 8 nitrogen and oxygen atoms in total. The van der Waals surface area contributed by atoms with Gasteiger partial charge in [-0.2, -0.15) is 0 Å². The normalized spacial score (nSPS) is 32.2. The molecule has 1 heterocycles. The molecule has 0 bridgehead atoms. The molecular weight excluding hydrogens is 488 g/mol. The monoisotopic (exact) mass is 536 g/mol. The second-order valence-electron chi connectivity index (χ2n) is 11.8. The maximum absolute atomic E-state index is 11.8. The molecule has 1 aliphatic carbocycles. The first kappa shape index (κ1) is 32.2. The van der Waals surface area contributed by atoms with Gasteiger partial charge >= 0.3 is 11.9 Å². The highest BCUT2D eigenvalue weighted by molar-refractivity contribution is 5.82. The molecule has 8 atom stereocenters. The van der Waals surface area contributed by atoms with Crippen molar-refractivity contribution < 1.29 is 39.1 Å². The van der Waals surface area contributed by atoms with Gasteiger partial charge in [-0.3, -0.25) is 4.79 Å². The van der Waals surface area contributed by atoms with Crippen LogP contribution in [0.3, 0.4) is 0 Å². The van der Waals surface area contributed by atoms with Crippen LogP contribution >= 0.6 is 0 Å². The van der Waals surface area contributed by atoms with Gasteiger partial charge in [0.05, 0.1) is 13.2 Å². The van der Waals surface area contributed by atoms with E-state index >= 15 is 0 Å². The first-order valence-corrected chi connectivity index (χ1v) is 13.7. The number of carbonyl (C=O) groups is 2. The van der Waals surface area contributed by atoms with Crippen LogP contribution in [-0.4, -0.2) is 65.1 Å². The molecule has 216 valence electrons. The molecule has 0 radical (unpaired) electrons. The van der Waals surface area contributed by atoms with Gasteiger partial charge in [0.15, 0.2) is 12.4 Å². The van der Waals surface area contributed by atoms with Crippen molar-refractivity contribution in [2.24, 2.45) is 23.2 Å². The number of aliphatic hydroxyl groups excluding tert-OH is 2. The predicted octanol–water partition coefficient (Wildman–Crippen LogP) is 4.80. The van der Waals surface area contributed by atoms with Crippen molar-refractivity contribution in [2.45, 2.75) is 105 Å². The summed E-state index contributed by atoms with van der Waals surface area (Å²) in [6.07, 6.45) is 3.35. The lowest BCUT2D eigenvalue weighted by molar-refractivity contribution is -0.273. The maximum Gasteiger partial charge on any atom is 0.331 e. The van der Waals surface area contributed by atoms with Crippen molar-refractivity contribution in [3.8, 4) is 0 Å². The molecule has 0 aromatic carbocycles. The smallest absolute Gasteiger partial charge is 0.331 e. The molecule has 2 aliphatic rings. The lowest BCUT2D eigenvalue weighted by Gasteiger charge is -2.48. The first-order chi connectivity index (χ1) is 17.8. The molecule has 1 aliphatic heterocycles. The van der Waals surface area contributed by atoms with E-state index in [-0.39, 0.29) is 30.3 Å². The van der Waals surface area contributed by atoms with E-state index < -0.39 is 36.5 Å². The van der Waals surface area contributed by atoms with Crippen molar-refractivity contribution in [1.29, 1.82) is 0 Å². The summed E-state index contributed by atoms with van der Waals surface area (Å²) in [5.41, 5.74) is 3.05. The predicted molar refractivity (Wildman–Crippen MR) is 145 cm³/mol. The molecule has 8 heteroatoms. The molecule has 0 spiro atoms. The highest BCUT2D eigenvalue weighted by Crippen LogP contribution is 2.52. The maximum atomic E-state index is 11.8. The van der Waals surface area contributed by atoms with Gasteiger partial charge in [0.1, 0.15) is 12.2 Å². The third-order valence-electron chi connectivity index (χ3n) is 8.24. The molecule has 0 amide bonds. The van der Waals surface area contributed by atoms with Gasteiger partial charge in [0.25, 0.3) is 0 Å². The molecule has 0 saturated carbocycles. The third-order valence-corrected chi connectivity index (χ3v) is 8.24. The Hall–Kier alpha value is -2.00. The van der Waals surface area contributed by atoms with Crippen molar-refractivity contribution in [3.63, 3.8) is 0 Å². The van der Waals surface area contributed by atoms with Gasteiger partial charge in [-0.15, -0.1) is 0 Å². The first-order valence-electron chi connectivity index (χ1n) is 13.7. The fourth-order valence-corrected chi connectivity index (χ4v) is 5.94. The summed E-state index contributed by atoms with van der Waals surface area (Å²) in [6, 6.07) is 0. The summed E-state index contributed by atoms with van der Waals surface area (Å²) in [7, 11) is 0. The molecule has 0 unspecified atom stereocenters. The largest absolute Gasteiger partial charge is 0.481 e. The summed E-state index contributed by atoms with van der Waals surface area (Å²) < 4.78 is 16.5. The fourth-order valence-electron chi connectivity index (χ4n) is 5.94. The number of aliphatic carboxylic acids is 1. The molecule has 38 heavy (non-hydrogen) atoms. The number of carboxylic acid groups (broad SMARTS) is 1. The molecular formula is C30H48O8. The van der Waals surface area contributed by atoms with Gasteiger partial charge < -0.3 is 29.5 Å². The zero-order valence-electron chi connectivity index (χ0n) is 23.9. The third kappa shape index (κ3) is 8.76. The average molecular weight is 537 g/mol. The Balaban J connectivity index is 1.87. The number of rotatable bonds is 13. The minimum absolute atomic E-state index is 0.0626. The van der Waals surface area contributed by atoms with Gasteiger partial charge in [-0.1, -0.05) is 49.6 Å². The van der Waals surface area contributed by atoms with Crippen LogP contribution < -0.4 is 0 Å². The van der Waals surface area contributed by atoms with Crippen LogP contribution in [0.5, 0.6) is 0 Å². The van der Waals surface area contributed by atoms with Gasteiger partial charge in [0, 0.05) is 12.5 Å². The molecule has 2 rings (SSSR count). The molecule has 0 aromatic heterocycles. The molecule has 3 N–H and O–H groups in total. The average Bonchev–Trinajstić information content (AvgIpc) is 2.81. The lowest BCUT2D eigenvalue weighted by Crippen LogP contribution is -2.55. The second kappa shape index (κ2) is 14.4. The van der Waals surface area contributed by atoms with Crippen LogP contribution in [0.1, 0.15) is 80.1 Å². The number of hydrogen-bond donors (Lipinski definition) is 3. The van der Waals surface area contributed by atoms with Crippen molar-refractivity contribution in [3.05, 3.63) is 35.5 Å². The number of aliphatic hydroxyl groups is 2. The van der Waals surface area contributed by atoms with E-state index in [0.717, 1.165) is 36.8 Å². The minimum Gasteiger partial charge on any atom is -0.481 e. The van der Waals surface area contributed by atoms with Gasteiger partial charge in [-0.05, 0) is 76.5 Å². The standard InChI is InChI=1S/C30H48O8/c1-18(2)16-26(33)38-24-17-37-29(28(35)27(24)34)36-15-13-20(5)8-10-23-21(6)9-11-22(19(3)4)30(23,7)14-12-25(31)32/h9,16,20,22-24,27-29,34-35H,3,8,10-15,17H2,1-2,4-7H3,(H,31,32)/t20-,22-,23-,24-,27-,28+,29+,30-/m0/s1. The lowest BCUT2D eigenvalue weighted by atomic mass is 9.56. The van der Waals surface area contributed by atoms with E-state index in [9.17, 15) is 24.9 Å². The molecule has 1 saturated heterocycles. The van der Waals surface area contributed by atoms with E-state index in [4.69, 9.17) is 14.2 Å². The summed E-state index contributed by atoms with van der Waals surface area (Å²) in [5.74, 6) is -0.478. The van der Waals surface area contributed by atoms with E-state index in [0.29, 0.717) is 18.9 Å². The van der Waals surface area contributed by atoms with Crippen molar-refractivity contribution >= 4 is 11.9 Å². The number of carboxylic acids is 1. The topological polar surface area (TPSA) is 123 Å². The molecule has 1 fully saturated rings. The van der Waals surface area contributed by atoms with Crippen LogP contribution in [0, 0.1) is 23.2 Å². The van der Waals surface area contributed by atoms with E-state index in [1.54, 1.807) is 13.8 Å². The second-order valence-corrected chi connectivity index (χ2v) is 11.8. The van der Waals surface area contributed by atoms with Crippen LogP contribution in [0.25, 0.3) is 0 Å². The number of carbonyl (C=O) groups excluding carboxylic acids is 1. The summed E-state index contributed by atoms with van der Waals surface area (Å²) in [5, 5.41) is 30.2.